The van der Waals surface area contributed by atoms with E-state index in [2.05, 4.69) is 22.6 Å². The van der Waals surface area contributed by atoms with E-state index in [9.17, 15) is 9.59 Å². The van der Waals surface area contributed by atoms with Gasteiger partial charge in [-0.2, -0.15) is 0 Å². The largest absolute Gasteiger partial charge is 0.490 e. The first kappa shape index (κ1) is 30.0. The molecule has 4 aromatic rings. The minimum atomic E-state index is -0.517. The molecule has 5 rings (SSSR count). The Kier molecular flexibility index (Phi) is 9.47. The van der Waals surface area contributed by atoms with Gasteiger partial charge >= 0.3 is 0 Å². The summed E-state index contributed by atoms with van der Waals surface area (Å²) in [5.41, 5.74) is 2.50. The van der Waals surface area contributed by atoms with Crippen molar-refractivity contribution in [1.29, 1.82) is 0 Å². The van der Waals surface area contributed by atoms with Crippen molar-refractivity contribution < 1.29 is 19.1 Å². The fourth-order valence-electron chi connectivity index (χ4n) is 4.36. The molecular formula is C32H23Cl2IN2O4S. The van der Waals surface area contributed by atoms with Crippen LogP contribution in [0, 0.1) is 3.57 Å². The molecule has 212 valence electrons. The first-order valence-corrected chi connectivity index (χ1v) is 15.1. The number of thiocarbonyl (C=S) groups is 1. The Morgan fingerprint density at radius 2 is 1.40 bits per heavy atom. The number of nitrogens with zero attached hydrogens (tertiary/aromatic N) is 2. The molecule has 0 aromatic heterocycles. The Morgan fingerprint density at radius 3 is 1.95 bits per heavy atom. The minimum absolute atomic E-state index is 0.0426. The second kappa shape index (κ2) is 13.2. The fourth-order valence-corrected chi connectivity index (χ4v) is 5.84. The van der Waals surface area contributed by atoms with Crippen molar-refractivity contribution in [2.24, 2.45) is 0 Å². The summed E-state index contributed by atoms with van der Waals surface area (Å²) in [5.74, 6) is -0.0278. The van der Waals surface area contributed by atoms with Crippen molar-refractivity contribution in [2.45, 2.75) is 13.5 Å². The number of halogens is 3. The molecule has 0 bridgehead atoms. The lowest BCUT2D eigenvalue weighted by atomic mass is 10.0. The van der Waals surface area contributed by atoms with Crippen molar-refractivity contribution in [1.82, 2.24) is 0 Å². The van der Waals surface area contributed by atoms with Gasteiger partial charge in [0.15, 0.2) is 16.6 Å². The van der Waals surface area contributed by atoms with Gasteiger partial charge < -0.3 is 9.47 Å². The molecule has 1 saturated heterocycles. The Balaban J connectivity index is 1.54. The minimum Gasteiger partial charge on any atom is -0.490 e. The zero-order chi connectivity index (χ0) is 29.8. The molecule has 42 heavy (non-hydrogen) atoms. The summed E-state index contributed by atoms with van der Waals surface area (Å²) in [5, 5.41) is 0.983. The van der Waals surface area contributed by atoms with E-state index in [0.717, 1.165) is 9.13 Å². The lowest BCUT2D eigenvalue weighted by Gasteiger charge is -2.36. The molecule has 4 aromatic carbocycles. The van der Waals surface area contributed by atoms with Crippen molar-refractivity contribution in [3.05, 3.63) is 121 Å². The molecule has 0 radical (unpaired) electrons. The van der Waals surface area contributed by atoms with Crippen LogP contribution in [0.1, 0.15) is 18.1 Å². The molecule has 1 aliphatic heterocycles. The number of carbonyl (C=O) groups excluding carboxylic acids is 2. The lowest BCUT2D eigenvalue weighted by molar-refractivity contribution is -0.120. The molecule has 0 spiro atoms. The van der Waals surface area contributed by atoms with E-state index >= 15 is 0 Å². The van der Waals surface area contributed by atoms with Crippen molar-refractivity contribution in [3.8, 4) is 11.5 Å². The predicted molar refractivity (Wildman–Crippen MR) is 180 cm³/mol. The Bertz CT molecular complexity index is 1640. The fraction of sp³-hybridized carbons (Fsp3) is 0.0938. The number of para-hydroxylation sites is 2. The van der Waals surface area contributed by atoms with E-state index in [-0.39, 0.29) is 17.3 Å². The van der Waals surface area contributed by atoms with Gasteiger partial charge in [-0.15, -0.1) is 0 Å². The maximum Gasteiger partial charge on any atom is 0.270 e. The first-order valence-electron chi connectivity index (χ1n) is 12.9. The third-order valence-electron chi connectivity index (χ3n) is 6.29. The average molecular weight is 729 g/mol. The van der Waals surface area contributed by atoms with Crippen molar-refractivity contribution >= 4 is 92.4 Å². The number of rotatable bonds is 8. The van der Waals surface area contributed by atoms with Gasteiger partial charge in [0, 0.05) is 0 Å². The quantitative estimate of drug-likeness (QED) is 0.0791. The third-order valence-corrected chi connectivity index (χ3v) is 8.19. The molecule has 0 aliphatic carbocycles. The Hall–Kier alpha value is -3.44. The molecule has 2 amide bonds. The number of hydrogen-bond acceptors (Lipinski definition) is 5. The monoisotopic (exact) mass is 728 g/mol. The molecule has 0 N–H and O–H groups in total. The van der Waals surface area contributed by atoms with Gasteiger partial charge in [-0.05, 0) is 107 Å². The second-order valence-electron chi connectivity index (χ2n) is 9.09. The summed E-state index contributed by atoms with van der Waals surface area (Å²) in [4.78, 5) is 30.4. The van der Waals surface area contributed by atoms with Crippen LogP contribution in [0.4, 0.5) is 11.4 Å². The summed E-state index contributed by atoms with van der Waals surface area (Å²) in [6.45, 7) is 2.49. The predicted octanol–water partition coefficient (Wildman–Crippen LogP) is 8.32. The molecule has 10 heteroatoms. The highest BCUT2D eigenvalue weighted by Gasteiger charge is 2.41. The molecule has 1 heterocycles. The van der Waals surface area contributed by atoms with E-state index < -0.39 is 11.8 Å². The van der Waals surface area contributed by atoms with E-state index in [1.165, 1.54) is 9.80 Å². The van der Waals surface area contributed by atoms with Crippen LogP contribution in [0.5, 0.6) is 11.5 Å². The van der Waals surface area contributed by atoms with Gasteiger partial charge in [0.1, 0.15) is 12.2 Å². The van der Waals surface area contributed by atoms with Crippen LogP contribution >= 0.6 is 58.0 Å². The van der Waals surface area contributed by atoms with Crippen molar-refractivity contribution in [3.63, 3.8) is 0 Å². The van der Waals surface area contributed by atoms with Crippen LogP contribution in [-0.2, 0) is 16.2 Å². The van der Waals surface area contributed by atoms with E-state index in [1.807, 2.05) is 55.5 Å². The van der Waals surface area contributed by atoms with Crippen LogP contribution in [0.3, 0.4) is 0 Å². The van der Waals surface area contributed by atoms with Crippen LogP contribution in [0.25, 0.3) is 6.08 Å². The normalized spacial score (nSPS) is 13.4. The van der Waals surface area contributed by atoms with Crippen LogP contribution in [0.2, 0.25) is 10.0 Å². The van der Waals surface area contributed by atoms with Crippen molar-refractivity contribution in [2.75, 3.05) is 16.4 Å². The summed E-state index contributed by atoms with van der Waals surface area (Å²) >= 11 is 20.0. The highest BCUT2D eigenvalue weighted by Crippen LogP contribution is 2.37. The third kappa shape index (κ3) is 6.32. The molecule has 0 saturated carbocycles. The number of benzene rings is 4. The summed E-state index contributed by atoms with van der Waals surface area (Å²) in [7, 11) is 0. The van der Waals surface area contributed by atoms with Gasteiger partial charge in [-0.1, -0.05) is 65.7 Å². The van der Waals surface area contributed by atoms with Crippen LogP contribution < -0.4 is 19.3 Å². The molecule has 1 aliphatic rings. The summed E-state index contributed by atoms with van der Waals surface area (Å²) in [6.07, 6.45) is 1.56. The van der Waals surface area contributed by atoms with Gasteiger partial charge in [0.25, 0.3) is 11.8 Å². The maximum absolute atomic E-state index is 13.8. The standard InChI is InChI=1S/C32H23Cl2IN2O4S/c1-2-40-28-18-21(17-27(35)29(28)41-19-20-13-14-25(33)26(34)16-20)15-24-30(38)36(22-9-5-3-6-10-22)32(42)37(31(24)39)23-11-7-4-8-12-23/h3-18H,2,19H2,1H3. The van der Waals surface area contributed by atoms with E-state index in [4.69, 9.17) is 44.9 Å². The van der Waals surface area contributed by atoms with Gasteiger partial charge in [0.2, 0.25) is 0 Å². The summed E-state index contributed by atoms with van der Waals surface area (Å²) < 4.78 is 12.8. The van der Waals surface area contributed by atoms with Gasteiger partial charge in [0.05, 0.1) is 31.6 Å². The topological polar surface area (TPSA) is 59.1 Å². The molecule has 0 atom stereocenters. The van der Waals surface area contributed by atoms with Gasteiger partial charge in [-0.25, -0.2) is 0 Å². The van der Waals surface area contributed by atoms with Gasteiger partial charge in [-0.3, -0.25) is 19.4 Å². The zero-order valence-corrected chi connectivity index (χ0v) is 26.7. The molecule has 6 nitrogen and oxygen atoms in total. The number of amides is 2. The SMILES string of the molecule is CCOc1cc(C=C2C(=O)N(c3ccccc3)C(=S)N(c3ccccc3)C2=O)cc(I)c1OCc1ccc(Cl)c(Cl)c1. The zero-order valence-electron chi connectivity index (χ0n) is 22.2. The first-order chi connectivity index (χ1) is 20.3. The summed E-state index contributed by atoms with van der Waals surface area (Å²) in [6, 6.07) is 26.9. The second-order valence-corrected chi connectivity index (χ2v) is 11.4. The Morgan fingerprint density at radius 1 is 0.810 bits per heavy atom. The number of anilines is 2. The highest BCUT2D eigenvalue weighted by molar-refractivity contribution is 14.1. The van der Waals surface area contributed by atoms with E-state index in [1.54, 1.807) is 48.5 Å². The smallest absolute Gasteiger partial charge is 0.270 e. The number of carbonyl (C=O) groups is 2. The molecule has 0 unspecified atom stereocenters. The average Bonchev–Trinajstić information content (AvgIpc) is 2.98. The molecular weight excluding hydrogens is 706 g/mol. The highest BCUT2D eigenvalue weighted by atomic mass is 127. The van der Waals surface area contributed by atoms with Crippen LogP contribution in [-0.4, -0.2) is 23.5 Å². The number of hydrogen-bond donors (Lipinski definition) is 0. The lowest BCUT2D eigenvalue weighted by Crippen LogP contribution is -2.56. The van der Waals surface area contributed by atoms with Crippen LogP contribution in [0.15, 0.2) is 96.6 Å². The maximum atomic E-state index is 13.8. The van der Waals surface area contributed by atoms with E-state index in [0.29, 0.717) is 45.1 Å². The Labute approximate surface area is 272 Å². The molecule has 1 fully saturated rings. The number of ether oxygens (including phenoxy) is 2.